The van der Waals surface area contributed by atoms with Crippen LogP contribution in [0, 0.1) is 5.92 Å². The van der Waals surface area contributed by atoms with Crippen LogP contribution in [0.4, 0.5) is 0 Å². The largest absolute Gasteiger partial charge is 0.308 e. The summed E-state index contributed by atoms with van der Waals surface area (Å²) in [6.07, 6.45) is 3.42. The molecule has 2 aromatic rings. The quantitative estimate of drug-likeness (QED) is 0.884. The van der Waals surface area contributed by atoms with Gasteiger partial charge in [-0.05, 0) is 25.3 Å². The van der Waals surface area contributed by atoms with Crippen molar-refractivity contribution in [2.24, 2.45) is 5.92 Å². The van der Waals surface area contributed by atoms with Gasteiger partial charge < -0.3 is 5.32 Å². The lowest BCUT2D eigenvalue weighted by molar-refractivity contribution is 0.303. The molecule has 0 radical (unpaired) electrons. The van der Waals surface area contributed by atoms with Crippen LogP contribution in [-0.2, 0) is 6.42 Å². The maximum absolute atomic E-state index is 4.67. The zero-order chi connectivity index (χ0) is 11.8. The fourth-order valence-electron chi connectivity index (χ4n) is 2.40. The van der Waals surface area contributed by atoms with Crippen LogP contribution >= 0.6 is 11.3 Å². The van der Waals surface area contributed by atoms with E-state index in [0.29, 0.717) is 12.0 Å². The molecule has 1 N–H and O–H groups in total. The van der Waals surface area contributed by atoms with Crippen molar-refractivity contribution in [1.82, 2.24) is 25.1 Å². The SMILES string of the molecule is CCc1nnc2sc(C3NCCCC3C)nn12. The number of aromatic nitrogens is 4. The maximum Gasteiger partial charge on any atom is 0.234 e. The Morgan fingerprint density at radius 3 is 3.12 bits per heavy atom. The average Bonchev–Trinajstić information content (AvgIpc) is 2.88. The zero-order valence-electron chi connectivity index (χ0n) is 10.2. The van der Waals surface area contributed by atoms with Crippen LogP contribution < -0.4 is 5.32 Å². The van der Waals surface area contributed by atoms with Crippen LogP contribution in [-0.4, -0.2) is 26.4 Å². The van der Waals surface area contributed by atoms with Crippen LogP contribution in [0.1, 0.15) is 43.6 Å². The van der Waals surface area contributed by atoms with Crippen molar-refractivity contribution in [2.45, 2.75) is 39.2 Å². The minimum absolute atomic E-state index is 0.389. The van der Waals surface area contributed by atoms with Crippen molar-refractivity contribution >= 4 is 16.3 Å². The van der Waals surface area contributed by atoms with Crippen LogP contribution in [0.25, 0.3) is 4.96 Å². The first-order chi connectivity index (χ1) is 8.29. The molecule has 3 heterocycles. The van der Waals surface area contributed by atoms with E-state index in [1.165, 1.54) is 12.8 Å². The summed E-state index contributed by atoms with van der Waals surface area (Å²) in [4.78, 5) is 0.913. The van der Waals surface area contributed by atoms with E-state index in [2.05, 4.69) is 34.5 Å². The lowest BCUT2D eigenvalue weighted by atomic mass is 9.93. The van der Waals surface area contributed by atoms with E-state index in [0.717, 1.165) is 28.8 Å². The van der Waals surface area contributed by atoms with E-state index in [1.807, 2.05) is 4.52 Å². The minimum atomic E-state index is 0.389. The first kappa shape index (κ1) is 11.1. The van der Waals surface area contributed by atoms with Gasteiger partial charge in [0, 0.05) is 6.42 Å². The number of nitrogens with zero attached hydrogens (tertiary/aromatic N) is 4. The van der Waals surface area contributed by atoms with E-state index in [9.17, 15) is 0 Å². The van der Waals surface area contributed by atoms with Gasteiger partial charge in [-0.25, -0.2) is 0 Å². The summed E-state index contributed by atoms with van der Waals surface area (Å²) in [5.74, 6) is 1.60. The standard InChI is InChI=1S/C11H17N5S/c1-3-8-13-14-11-16(8)15-10(17-11)9-7(2)5-4-6-12-9/h7,9,12H,3-6H2,1-2H3. The molecule has 2 unspecified atom stereocenters. The van der Waals surface area contributed by atoms with Gasteiger partial charge in [0.2, 0.25) is 4.96 Å². The van der Waals surface area contributed by atoms with Crippen LogP contribution in [0.15, 0.2) is 0 Å². The van der Waals surface area contributed by atoms with Crippen molar-refractivity contribution in [2.75, 3.05) is 6.54 Å². The summed E-state index contributed by atoms with van der Waals surface area (Å²) in [5.41, 5.74) is 0. The monoisotopic (exact) mass is 251 g/mol. The smallest absolute Gasteiger partial charge is 0.234 e. The number of aryl methyl sites for hydroxylation is 1. The number of piperidine rings is 1. The highest BCUT2D eigenvalue weighted by atomic mass is 32.1. The van der Waals surface area contributed by atoms with Gasteiger partial charge in [0.25, 0.3) is 0 Å². The first-order valence-corrected chi connectivity index (χ1v) is 7.05. The molecule has 0 bridgehead atoms. The Kier molecular flexibility index (Phi) is 2.84. The normalized spacial score (nSPS) is 25.5. The molecule has 0 aliphatic carbocycles. The van der Waals surface area contributed by atoms with Crippen LogP contribution in [0.3, 0.4) is 0 Å². The molecule has 3 rings (SSSR count). The summed E-state index contributed by atoms with van der Waals surface area (Å²) in [6.45, 7) is 5.46. The summed E-state index contributed by atoms with van der Waals surface area (Å²) < 4.78 is 1.89. The predicted octanol–water partition coefficient (Wildman–Crippen LogP) is 1.81. The van der Waals surface area contributed by atoms with Gasteiger partial charge in [0.1, 0.15) is 5.01 Å². The topological polar surface area (TPSA) is 55.1 Å². The number of hydrogen-bond acceptors (Lipinski definition) is 5. The summed E-state index contributed by atoms with van der Waals surface area (Å²) in [5, 5.41) is 17.7. The Balaban J connectivity index is 1.96. The molecule has 0 amide bonds. The van der Waals surface area contributed by atoms with Gasteiger partial charge in [-0.1, -0.05) is 25.2 Å². The highest BCUT2D eigenvalue weighted by molar-refractivity contribution is 7.16. The minimum Gasteiger partial charge on any atom is -0.308 e. The third-order valence-corrected chi connectivity index (χ3v) is 4.40. The average molecular weight is 251 g/mol. The molecule has 1 fully saturated rings. The number of nitrogens with one attached hydrogen (secondary N) is 1. The maximum atomic E-state index is 4.67. The molecule has 0 aromatic carbocycles. The second kappa shape index (κ2) is 4.34. The van der Waals surface area contributed by atoms with Gasteiger partial charge >= 0.3 is 0 Å². The fourth-order valence-corrected chi connectivity index (χ4v) is 3.47. The molecule has 17 heavy (non-hydrogen) atoms. The molecule has 2 atom stereocenters. The zero-order valence-corrected chi connectivity index (χ0v) is 11.0. The van der Waals surface area contributed by atoms with E-state index in [-0.39, 0.29) is 0 Å². The van der Waals surface area contributed by atoms with Gasteiger partial charge in [-0.2, -0.15) is 9.61 Å². The molecule has 1 aliphatic heterocycles. The summed E-state index contributed by atoms with van der Waals surface area (Å²) in [6, 6.07) is 0.389. The second-order valence-electron chi connectivity index (χ2n) is 4.66. The molecule has 6 heteroatoms. The van der Waals surface area contributed by atoms with Crippen molar-refractivity contribution in [1.29, 1.82) is 0 Å². The molecule has 1 saturated heterocycles. The molecular weight excluding hydrogens is 234 g/mol. The molecule has 0 saturated carbocycles. The third-order valence-electron chi connectivity index (χ3n) is 3.42. The molecule has 1 aliphatic rings. The predicted molar refractivity (Wildman–Crippen MR) is 67.2 cm³/mol. The number of rotatable bonds is 2. The Morgan fingerprint density at radius 1 is 1.47 bits per heavy atom. The Morgan fingerprint density at radius 2 is 2.35 bits per heavy atom. The van der Waals surface area contributed by atoms with Crippen LogP contribution in [0.5, 0.6) is 0 Å². The highest BCUT2D eigenvalue weighted by Crippen LogP contribution is 2.31. The van der Waals surface area contributed by atoms with E-state index in [4.69, 9.17) is 0 Å². The number of hydrogen-bond donors (Lipinski definition) is 1. The molecular formula is C11H17N5S. The Hall–Kier alpha value is -1.01. The van der Waals surface area contributed by atoms with Crippen LogP contribution in [0.2, 0.25) is 0 Å². The Labute approximate surface area is 104 Å². The van der Waals surface area contributed by atoms with E-state index >= 15 is 0 Å². The number of fused-ring (bicyclic) bond motifs is 1. The van der Waals surface area contributed by atoms with Gasteiger partial charge in [-0.3, -0.25) is 0 Å². The lowest BCUT2D eigenvalue weighted by Gasteiger charge is -2.27. The van der Waals surface area contributed by atoms with E-state index < -0.39 is 0 Å². The molecule has 92 valence electrons. The van der Waals surface area contributed by atoms with Gasteiger partial charge in [-0.15, -0.1) is 10.2 Å². The fraction of sp³-hybridized carbons (Fsp3) is 0.727. The Bertz CT molecular complexity index is 517. The summed E-state index contributed by atoms with van der Waals surface area (Å²) in [7, 11) is 0. The van der Waals surface area contributed by atoms with Crippen molar-refractivity contribution in [3.63, 3.8) is 0 Å². The second-order valence-corrected chi connectivity index (χ2v) is 5.64. The lowest BCUT2D eigenvalue weighted by Crippen LogP contribution is -2.32. The third kappa shape index (κ3) is 1.85. The summed E-state index contributed by atoms with van der Waals surface area (Å²) >= 11 is 1.66. The van der Waals surface area contributed by atoms with Gasteiger partial charge in [0.15, 0.2) is 5.82 Å². The molecule has 5 nitrogen and oxygen atoms in total. The molecule has 2 aromatic heterocycles. The van der Waals surface area contributed by atoms with E-state index in [1.54, 1.807) is 11.3 Å². The molecule has 0 spiro atoms. The first-order valence-electron chi connectivity index (χ1n) is 6.24. The highest BCUT2D eigenvalue weighted by Gasteiger charge is 2.26. The van der Waals surface area contributed by atoms with Crippen molar-refractivity contribution < 1.29 is 0 Å². The van der Waals surface area contributed by atoms with Crippen molar-refractivity contribution in [3.8, 4) is 0 Å². The van der Waals surface area contributed by atoms with Crippen molar-refractivity contribution in [3.05, 3.63) is 10.8 Å². The van der Waals surface area contributed by atoms with Gasteiger partial charge in [0.05, 0.1) is 6.04 Å².